The fourth-order valence-electron chi connectivity index (χ4n) is 3.05. The van der Waals surface area contributed by atoms with E-state index in [4.69, 9.17) is 9.26 Å². The van der Waals surface area contributed by atoms with Gasteiger partial charge in [-0.15, -0.1) is 0 Å². The monoisotopic (exact) mass is 285 g/mol. The van der Waals surface area contributed by atoms with Gasteiger partial charge < -0.3 is 14.6 Å². The summed E-state index contributed by atoms with van der Waals surface area (Å²) >= 11 is 0. The van der Waals surface area contributed by atoms with Crippen LogP contribution in [-0.2, 0) is 11.2 Å². The molecule has 1 aromatic heterocycles. The van der Waals surface area contributed by atoms with E-state index in [0.29, 0.717) is 11.7 Å². The summed E-state index contributed by atoms with van der Waals surface area (Å²) in [5.41, 5.74) is 2.51. The highest BCUT2D eigenvalue weighted by Gasteiger charge is 2.36. The van der Waals surface area contributed by atoms with E-state index in [1.165, 1.54) is 24.1 Å². The molecular weight excluding hydrogens is 266 g/mol. The van der Waals surface area contributed by atoms with Gasteiger partial charge in [0.15, 0.2) is 0 Å². The molecule has 1 N–H and O–H groups in total. The van der Waals surface area contributed by atoms with E-state index in [1.807, 2.05) is 0 Å². The second-order valence-corrected chi connectivity index (χ2v) is 5.92. The molecule has 2 aromatic rings. The molecule has 2 atom stereocenters. The number of anilines is 1. The van der Waals surface area contributed by atoms with E-state index in [1.54, 1.807) is 7.11 Å². The van der Waals surface area contributed by atoms with Gasteiger partial charge in [0.05, 0.1) is 5.92 Å². The summed E-state index contributed by atoms with van der Waals surface area (Å²) < 4.78 is 11.0. The van der Waals surface area contributed by atoms with Gasteiger partial charge >= 0.3 is 0 Å². The maximum atomic E-state index is 5.52. The van der Waals surface area contributed by atoms with Crippen molar-refractivity contribution in [3.63, 3.8) is 0 Å². The molecule has 5 nitrogen and oxygen atoms in total. The second-order valence-electron chi connectivity index (χ2n) is 5.92. The summed E-state index contributed by atoms with van der Waals surface area (Å²) in [7, 11) is 1.72. The van der Waals surface area contributed by atoms with Crippen molar-refractivity contribution in [3.05, 3.63) is 41.5 Å². The Morgan fingerprint density at radius 2 is 2.19 bits per heavy atom. The zero-order valence-corrected chi connectivity index (χ0v) is 12.1. The fourth-order valence-corrected chi connectivity index (χ4v) is 3.05. The lowest BCUT2D eigenvalue weighted by molar-refractivity contribution is 0.0751. The van der Waals surface area contributed by atoms with Crippen molar-refractivity contribution < 1.29 is 9.26 Å². The van der Waals surface area contributed by atoms with Crippen LogP contribution in [0.1, 0.15) is 42.1 Å². The predicted molar refractivity (Wildman–Crippen MR) is 78.1 cm³/mol. The lowest BCUT2D eigenvalue weighted by atomic mass is 9.94. The van der Waals surface area contributed by atoms with Crippen molar-refractivity contribution in [2.45, 2.75) is 31.3 Å². The number of benzene rings is 1. The molecule has 1 saturated carbocycles. The molecule has 2 aliphatic rings. The number of nitrogens with one attached hydrogen (secondary N) is 1. The van der Waals surface area contributed by atoms with Crippen molar-refractivity contribution in [1.82, 2.24) is 10.1 Å². The fraction of sp³-hybridized carbons (Fsp3) is 0.500. The van der Waals surface area contributed by atoms with Crippen LogP contribution < -0.4 is 5.32 Å². The largest absolute Gasteiger partial charge is 0.384 e. The first kappa shape index (κ1) is 12.8. The molecule has 2 heterocycles. The predicted octanol–water partition coefficient (Wildman–Crippen LogP) is 2.92. The van der Waals surface area contributed by atoms with Gasteiger partial charge in [0.25, 0.3) is 0 Å². The van der Waals surface area contributed by atoms with Crippen LogP contribution in [0.2, 0.25) is 0 Å². The minimum absolute atomic E-state index is 0.00802. The van der Waals surface area contributed by atoms with E-state index in [9.17, 15) is 0 Å². The third-order valence-corrected chi connectivity index (χ3v) is 4.39. The molecule has 2 unspecified atom stereocenters. The molecule has 0 spiro atoms. The summed E-state index contributed by atoms with van der Waals surface area (Å²) in [6.45, 7) is 0.833. The molecule has 1 aromatic carbocycles. The minimum Gasteiger partial charge on any atom is -0.384 e. The van der Waals surface area contributed by atoms with Crippen LogP contribution in [0, 0.1) is 5.92 Å². The van der Waals surface area contributed by atoms with Crippen LogP contribution in [-0.4, -0.2) is 23.8 Å². The van der Waals surface area contributed by atoms with Gasteiger partial charge in [-0.1, -0.05) is 23.4 Å². The number of methoxy groups -OCH3 is 1. The number of aromatic nitrogens is 2. The Morgan fingerprint density at radius 3 is 3.00 bits per heavy atom. The van der Waals surface area contributed by atoms with Crippen LogP contribution in [0.4, 0.5) is 5.69 Å². The lowest BCUT2D eigenvalue weighted by Gasteiger charge is -2.23. The maximum Gasteiger partial charge on any atom is 0.231 e. The summed E-state index contributed by atoms with van der Waals surface area (Å²) in [5, 5.41) is 7.58. The van der Waals surface area contributed by atoms with Crippen LogP contribution in [0.25, 0.3) is 0 Å². The summed E-state index contributed by atoms with van der Waals surface area (Å²) in [4.78, 5) is 4.60. The topological polar surface area (TPSA) is 60.2 Å². The summed E-state index contributed by atoms with van der Waals surface area (Å²) in [6.07, 6.45) is 3.32. The molecule has 0 saturated heterocycles. The third-order valence-electron chi connectivity index (χ3n) is 4.39. The van der Waals surface area contributed by atoms with Crippen molar-refractivity contribution in [2.75, 3.05) is 19.0 Å². The maximum absolute atomic E-state index is 5.52. The number of hydrogen-bond acceptors (Lipinski definition) is 5. The van der Waals surface area contributed by atoms with Crippen LogP contribution in [0.3, 0.4) is 0 Å². The molecule has 0 radical (unpaired) electrons. The number of rotatable bonds is 4. The van der Waals surface area contributed by atoms with E-state index in [0.717, 1.165) is 18.9 Å². The molecule has 1 aliphatic heterocycles. The standard InChI is InChI=1S/C16H19N3O2/c1-20-14(10-6-7-10)15-18-16(21-19-15)12-8-11-4-2-3-5-13(11)17-9-12/h2-5,10,12,14,17H,6-9H2,1H3. The number of fused-ring (bicyclic) bond motifs is 1. The van der Waals surface area contributed by atoms with E-state index in [2.05, 4.69) is 39.7 Å². The molecule has 4 rings (SSSR count). The van der Waals surface area contributed by atoms with E-state index in [-0.39, 0.29) is 12.0 Å². The minimum atomic E-state index is -0.00802. The first-order chi connectivity index (χ1) is 10.3. The Bertz CT molecular complexity index is 636. The quantitative estimate of drug-likeness (QED) is 0.936. The van der Waals surface area contributed by atoms with Crippen LogP contribution in [0.5, 0.6) is 0 Å². The zero-order chi connectivity index (χ0) is 14.2. The Morgan fingerprint density at radius 1 is 1.33 bits per heavy atom. The Balaban J connectivity index is 1.54. The average molecular weight is 285 g/mol. The van der Waals surface area contributed by atoms with Gasteiger partial charge in [-0.3, -0.25) is 0 Å². The van der Waals surface area contributed by atoms with Gasteiger partial charge in [-0.2, -0.15) is 4.98 Å². The van der Waals surface area contributed by atoms with Crippen molar-refractivity contribution in [3.8, 4) is 0 Å². The molecular formula is C16H19N3O2. The molecule has 1 fully saturated rings. The van der Waals surface area contributed by atoms with Crippen molar-refractivity contribution in [2.24, 2.45) is 5.92 Å². The van der Waals surface area contributed by atoms with Crippen molar-refractivity contribution in [1.29, 1.82) is 0 Å². The number of para-hydroxylation sites is 1. The van der Waals surface area contributed by atoms with E-state index < -0.39 is 0 Å². The molecule has 0 amide bonds. The van der Waals surface area contributed by atoms with Crippen molar-refractivity contribution >= 4 is 5.69 Å². The summed E-state index contributed by atoms with van der Waals surface area (Å²) in [6, 6.07) is 8.37. The first-order valence-corrected chi connectivity index (χ1v) is 7.53. The normalized spacial score (nSPS) is 22.4. The SMILES string of the molecule is COC(c1noc(C2CNc3ccccc3C2)n1)C1CC1. The lowest BCUT2D eigenvalue weighted by Crippen LogP contribution is -2.21. The number of hydrogen-bond donors (Lipinski definition) is 1. The Kier molecular flexibility index (Phi) is 3.15. The molecule has 5 heteroatoms. The Hall–Kier alpha value is -1.88. The third kappa shape index (κ3) is 2.42. The van der Waals surface area contributed by atoms with Gasteiger partial charge in [-0.25, -0.2) is 0 Å². The second kappa shape index (κ2) is 5.15. The highest BCUT2D eigenvalue weighted by molar-refractivity contribution is 5.53. The van der Waals surface area contributed by atoms with Crippen LogP contribution >= 0.6 is 0 Å². The first-order valence-electron chi connectivity index (χ1n) is 7.53. The highest BCUT2D eigenvalue weighted by atomic mass is 16.5. The Labute approximate surface area is 123 Å². The zero-order valence-electron chi connectivity index (χ0n) is 12.1. The number of ether oxygens (including phenoxy) is 1. The van der Waals surface area contributed by atoms with E-state index >= 15 is 0 Å². The smallest absolute Gasteiger partial charge is 0.231 e. The number of nitrogens with zero attached hydrogens (tertiary/aromatic N) is 2. The molecule has 0 bridgehead atoms. The van der Waals surface area contributed by atoms with Gasteiger partial charge in [0.1, 0.15) is 6.10 Å². The molecule has 1 aliphatic carbocycles. The molecule has 110 valence electrons. The van der Waals surface area contributed by atoms with Gasteiger partial charge in [0.2, 0.25) is 11.7 Å². The summed E-state index contributed by atoms with van der Waals surface area (Å²) in [5.74, 6) is 2.21. The molecule has 21 heavy (non-hydrogen) atoms. The van der Waals surface area contributed by atoms with Crippen LogP contribution in [0.15, 0.2) is 28.8 Å². The van der Waals surface area contributed by atoms with Gasteiger partial charge in [-0.05, 0) is 36.8 Å². The average Bonchev–Trinajstić information content (AvgIpc) is 3.24. The van der Waals surface area contributed by atoms with Gasteiger partial charge in [0, 0.05) is 19.3 Å². The highest BCUT2D eigenvalue weighted by Crippen LogP contribution is 2.42.